The van der Waals surface area contributed by atoms with E-state index in [4.69, 9.17) is 22.1 Å². The van der Waals surface area contributed by atoms with Gasteiger partial charge in [0.25, 0.3) is 5.91 Å². The molecule has 2 amide bonds. The Morgan fingerprint density at radius 2 is 1.65 bits per heavy atom. The Balaban J connectivity index is 1.12. The molecule has 3 fully saturated rings. The minimum absolute atomic E-state index is 0.0316. The van der Waals surface area contributed by atoms with Gasteiger partial charge in [-0.25, -0.2) is 9.59 Å². The summed E-state index contributed by atoms with van der Waals surface area (Å²) < 4.78 is 7.84. The lowest BCUT2D eigenvalue weighted by Crippen LogP contribution is -2.51. The zero-order valence-electron chi connectivity index (χ0n) is 26.9. The summed E-state index contributed by atoms with van der Waals surface area (Å²) in [6.45, 7) is 8.34. The molecule has 0 spiro atoms. The lowest BCUT2D eigenvalue weighted by atomic mass is 10.00. The molecule has 3 saturated heterocycles. The third kappa shape index (κ3) is 7.06. The van der Waals surface area contributed by atoms with E-state index in [0.717, 1.165) is 67.6 Å². The summed E-state index contributed by atoms with van der Waals surface area (Å²) in [5.74, 6) is -0.173. The molecule has 0 unspecified atom stereocenters. The van der Waals surface area contributed by atoms with E-state index in [1.165, 1.54) is 0 Å². The van der Waals surface area contributed by atoms with Crippen LogP contribution in [0.2, 0.25) is 5.02 Å². The van der Waals surface area contributed by atoms with Crippen LogP contribution in [-0.2, 0) is 16.0 Å². The highest BCUT2D eigenvalue weighted by Gasteiger charge is 2.35. The number of para-hydroxylation sites is 2. The molecular weight excluding hydrogens is 606 g/mol. The SMILES string of the molecule is Cc1cc(C[C@@H](OC(=O)N2CCC(n3c(=O)[nH]c4ccccc43)CC2)C(=O)N2CCC(N3CCCN(C)CC3)CC2)cc(Cl)c1N. The molecule has 4 heterocycles. The Bertz CT molecular complexity index is 1580. The number of carbonyl (C=O) groups excluding carboxylic acids is 2. The van der Waals surface area contributed by atoms with Gasteiger partial charge in [-0.3, -0.25) is 14.3 Å². The van der Waals surface area contributed by atoms with Gasteiger partial charge in [-0.2, -0.15) is 0 Å². The number of nitrogen functional groups attached to an aromatic ring is 1. The third-order valence-electron chi connectivity index (χ3n) is 10.1. The largest absolute Gasteiger partial charge is 0.436 e. The first-order valence-electron chi connectivity index (χ1n) is 16.6. The zero-order valence-corrected chi connectivity index (χ0v) is 27.7. The predicted octanol–water partition coefficient (Wildman–Crippen LogP) is 3.89. The van der Waals surface area contributed by atoms with Crippen molar-refractivity contribution in [1.82, 2.24) is 29.2 Å². The van der Waals surface area contributed by atoms with Crippen molar-refractivity contribution in [2.24, 2.45) is 0 Å². The number of nitrogens with two attached hydrogens (primary N) is 1. The molecule has 3 N–H and O–H groups in total. The molecule has 1 aromatic heterocycles. The molecule has 0 aliphatic carbocycles. The van der Waals surface area contributed by atoms with Crippen molar-refractivity contribution in [2.45, 2.75) is 63.6 Å². The van der Waals surface area contributed by atoms with E-state index >= 15 is 0 Å². The van der Waals surface area contributed by atoms with Gasteiger partial charge in [0.15, 0.2) is 6.10 Å². The number of rotatable bonds is 6. The molecule has 0 radical (unpaired) electrons. The number of hydrogen-bond donors (Lipinski definition) is 2. The first-order valence-corrected chi connectivity index (χ1v) is 17.0. The van der Waals surface area contributed by atoms with Gasteiger partial charge in [0, 0.05) is 57.8 Å². The van der Waals surface area contributed by atoms with Crippen molar-refractivity contribution in [1.29, 1.82) is 0 Å². The average Bonchev–Trinajstić information content (AvgIpc) is 3.24. The van der Waals surface area contributed by atoms with Gasteiger partial charge in [-0.15, -0.1) is 0 Å². The van der Waals surface area contributed by atoms with Crippen LogP contribution in [0.4, 0.5) is 10.5 Å². The van der Waals surface area contributed by atoms with Crippen LogP contribution in [0.3, 0.4) is 0 Å². The number of aryl methyl sites for hydroxylation is 1. The summed E-state index contributed by atoms with van der Waals surface area (Å²) >= 11 is 6.40. The Labute approximate surface area is 275 Å². The maximum atomic E-state index is 14.0. The second kappa shape index (κ2) is 14.1. The molecule has 248 valence electrons. The zero-order chi connectivity index (χ0) is 32.4. The molecule has 3 aromatic rings. The summed E-state index contributed by atoms with van der Waals surface area (Å²) in [6.07, 6.45) is 2.92. The van der Waals surface area contributed by atoms with Crippen LogP contribution in [0, 0.1) is 6.92 Å². The molecule has 2 aromatic carbocycles. The van der Waals surface area contributed by atoms with E-state index in [1.807, 2.05) is 42.2 Å². The molecule has 12 heteroatoms. The van der Waals surface area contributed by atoms with Gasteiger partial charge >= 0.3 is 11.8 Å². The van der Waals surface area contributed by atoms with Crippen LogP contribution in [0.1, 0.15) is 49.3 Å². The number of imidazole rings is 1. The van der Waals surface area contributed by atoms with E-state index in [0.29, 0.717) is 55.8 Å². The van der Waals surface area contributed by atoms with E-state index in [2.05, 4.69) is 21.8 Å². The Morgan fingerprint density at radius 3 is 2.39 bits per heavy atom. The van der Waals surface area contributed by atoms with Crippen molar-refractivity contribution in [3.05, 3.63) is 63.0 Å². The first kappa shape index (κ1) is 32.4. The molecule has 11 nitrogen and oxygen atoms in total. The molecule has 1 atom stereocenters. The summed E-state index contributed by atoms with van der Waals surface area (Å²) in [6, 6.07) is 11.7. The highest BCUT2D eigenvalue weighted by Crippen LogP contribution is 2.28. The highest BCUT2D eigenvalue weighted by atomic mass is 35.5. The lowest BCUT2D eigenvalue weighted by Gasteiger charge is -2.39. The molecular formula is C34H46ClN7O4. The van der Waals surface area contributed by atoms with E-state index in [9.17, 15) is 14.4 Å². The number of anilines is 1. The number of aromatic amines is 1. The fourth-order valence-corrected chi connectivity index (χ4v) is 7.65. The maximum Gasteiger partial charge on any atom is 0.410 e. The maximum absolute atomic E-state index is 14.0. The third-order valence-corrected chi connectivity index (χ3v) is 10.4. The van der Waals surface area contributed by atoms with E-state index in [-0.39, 0.29) is 24.1 Å². The standard InChI is InChI=1S/C34H46ClN7O4/c1-23-20-24(21-27(35)31(23)36)22-30(32(43)40-14-8-25(9-15-40)39-13-5-12-38(2)18-19-39)46-34(45)41-16-10-26(11-17-41)42-29-7-4-3-6-28(29)37-33(42)44/h3-4,6-7,20-21,25-26,30H,5,8-19,22,36H2,1-2H3,(H,37,44)/t30-/m1/s1. The molecule has 6 rings (SSSR count). The number of benzene rings is 2. The summed E-state index contributed by atoms with van der Waals surface area (Å²) in [5.41, 5.74) is 9.73. The number of hydrogen-bond acceptors (Lipinski definition) is 7. The molecule has 0 bridgehead atoms. The molecule has 3 aliphatic rings. The van der Waals surface area contributed by atoms with Crippen LogP contribution in [-0.4, -0.2) is 113 Å². The van der Waals surface area contributed by atoms with Gasteiger partial charge < -0.3 is 30.2 Å². The van der Waals surface area contributed by atoms with E-state index < -0.39 is 12.2 Å². The van der Waals surface area contributed by atoms with E-state index in [1.54, 1.807) is 15.5 Å². The minimum atomic E-state index is -0.982. The van der Waals surface area contributed by atoms with Gasteiger partial charge in [-0.1, -0.05) is 29.8 Å². The summed E-state index contributed by atoms with van der Waals surface area (Å²) in [7, 11) is 2.18. The van der Waals surface area contributed by atoms with Gasteiger partial charge in [0.2, 0.25) is 0 Å². The first-order chi connectivity index (χ1) is 22.2. The van der Waals surface area contributed by atoms with Gasteiger partial charge in [-0.05, 0) is 88.5 Å². The van der Waals surface area contributed by atoms with Gasteiger partial charge in [0.05, 0.1) is 21.7 Å². The Hall–Kier alpha value is -3.54. The number of likely N-dealkylation sites (N-methyl/N-ethyl adjacent to an activating group) is 1. The van der Waals surface area contributed by atoms with Crippen molar-refractivity contribution in [3.8, 4) is 0 Å². The number of ether oxygens (including phenoxy) is 1. The smallest absolute Gasteiger partial charge is 0.410 e. The fraction of sp³-hybridized carbons (Fsp3) is 0.559. The number of carbonyl (C=O) groups is 2. The number of H-pyrrole nitrogens is 1. The lowest BCUT2D eigenvalue weighted by molar-refractivity contribution is -0.142. The van der Waals surface area contributed by atoms with Crippen molar-refractivity contribution >= 4 is 40.3 Å². The number of piperidine rings is 2. The fourth-order valence-electron chi connectivity index (χ4n) is 7.36. The summed E-state index contributed by atoms with van der Waals surface area (Å²) in [4.78, 5) is 51.7. The predicted molar refractivity (Wildman–Crippen MR) is 180 cm³/mol. The van der Waals surface area contributed by atoms with Crippen LogP contribution in [0.15, 0.2) is 41.2 Å². The topological polar surface area (TPSA) is 120 Å². The monoisotopic (exact) mass is 651 g/mol. The summed E-state index contributed by atoms with van der Waals surface area (Å²) in [5, 5.41) is 0.422. The molecule has 3 aliphatic heterocycles. The van der Waals surface area contributed by atoms with Crippen molar-refractivity contribution in [3.63, 3.8) is 0 Å². The Morgan fingerprint density at radius 1 is 0.957 bits per heavy atom. The molecule has 0 saturated carbocycles. The number of amides is 2. The second-order valence-corrected chi connectivity index (χ2v) is 13.6. The number of fused-ring (bicyclic) bond motifs is 1. The minimum Gasteiger partial charge on any atom is -0.436 e. The number of aromatic nitrogens is 2. The highest BCUT2D eigenvalue weighted by molar-refractivity contribution is 6.33. The van der Waals surface area contributed by atoms with Gasteiger partial charge in [0.1, 0.15) is 0 Å². The van der Waals surface area contributed by atoms with Crippen LogP contribution in [0.5, 0.6) is 0 Å². The normalized spacial score (nSPS) is 20.2. The van der Waals surface area contributed by atoms with Crippen molar-refractivity contribution < 1.29 is 14.3 Å². The number of halogens is 1. The quantitative estimate of drug-likeness (QED) is 0.388. The van der Waals surface area contributed by atoms with Crippen LogP contribution < -0.4 is 11.4 Å². The number of likely N-dealkylation sites (tertiary alicyclic amines) is 2. The second-order valence-electron chi connectivity index (χ2n) is 13.2. The average molecular weight is 652 g/mol. The van der Waals surface area contributed by atoms with Crippen LogP contribution in [0.25, 0.3) is 11.0 Å². The van der Waals surface area contributed by atoms with Crippen LogP contribution >= 0.6 is 11.6 Å². The number of nitrogens with zero attached hydrogens (tertiary/aromatic N) is 5. The molecule has 46 heavy (non-hydrogen) atoms. The number of nitrogens with one attached hydrogen (secondary N) is 1. The van der Waals surface area contributed by atoms with Crippen molar-refractivity contribution in [2.75, 3.05) is 65.1 Å². The Kier molecular flexibility index (Phi) is 9.91.